The van der Waals surface area contributed by atoms with E-state index in [1.807, 2.05) is 0 Å². The van der Waals surface area contributed by atoms with Crippen molar-refractivity contribution in [1.82, 2.24) is 0 Å². The van der Waals surface area contributed by atoms with Gasteiger partial charge in [-0.1, -0.05) is 6.07 Å². The number of alkyl halides is 2. The quantitative estimate of drug-likeness (QED) is 0.605. The molecule has 0 radical (unpaired) electrons. The molecule has 1 unspecified atom stereocenters. The normalized spacial score (nSPS) is 11.3. The van der Waals surface area contributed by atoms with Crippen molar-refractivity contribution >= 4 is 17.4 Å². The van der Waals surface area contributed by atoms with Gasteiger partial charge in [0.2, 0.25) is 5.91 Å². The lowest BCUT2D eigenvalue weighted by Crippen LogP contribution is -2.28. The number of methoxy groups -OCH3 is 1. The summed E-state index contributed by atoms with van der Waals surface area (Å²) in [5.41, 5.74) is 0.391. The molecule has 2 aromatic carbocycles. The van der Waals surface area contributed by atoms with Crippen molar-refractivity contribution in [3.63, 3.8) is 0 Å². The number of halogens is 2. The van der Waals surface area contributed by atoms with Gasteiger partial charge < -0.3 is 14.8 Å². The second kappa shape index (κ2) is 8.58. The van der Waals surface area contributed by atoms with Crippen LogP contribution < -0.4 is 14.8 Å². The van der Waals surface area contributed by atoms with Crippen molar-refractivity contribution in [1.29, 1.82) is 5.26 Å². The van der Waals surface area contributed by atoms with Crippen molar-refractivity contribution in [3.8, 4) is 17.6 Å². The van der Waals surface area contributed by atoms with Crippen molar-refractivity contribution in [2.24, 2.45) is 5.92 Å². The molecule has 0 saturated carbocycles. The predicted molar refractivity (Wildman–Crippen MR) is 88.1 cm³/mol. The van der Waals surface area contributed by atoms with Gasteiger partial charge in [-0.25, -0.2) is 0 Å². The Balaban J connectivity index is 2.12. The summed E-state index contributed by atoms with van der Waals surface area (Å²) in [6.45, 7) is -2.99. The summed E-state index contributed by atoms with van der Waals surface area (Å²) in [5.74, 6) is -2.79. The molecule has 2 aromatic rings. The third-order valence-corrected chi connectivity index (χ3v) is 3.35. The van der Waals surface area contributed by atoms with E-state index in [2.05, 4.69) is 10.1 Å². The van der Waals surface area contributed by atoms with Crippen molar-refractivity contribution in [3.05, 3.63) is 54.1 Å². The van der Waals surface area contributed by atoms with E-state index in [0.717, 1.165) is 12.1 Å². The summed E-state index contributed by atoms with van der Waals surface area (Å²) in [5, 5.41) is 11.7. The summed E-state index contributed by atoms with van der Waals surface area (Å²) in [7, 11) is 1.46. The molecular formula is C18H14F2N2O4. The first-order valence-corrected chi connectivity index (χ1v) is 7.38. The zero-order chi connectivity index (χ0) is 19.1. The largest absolute Gasteiger partial charge is 0.497 e. The van der Waals surface area contributed by atoms with Gasteiger partial charge in [0, 0.05) is 17.3 Å². The molecule has 0 heterocycles. The summed E-state index contributed by atoms with van der Waals surface area (Å²) in [4.78, 5) is 24.6. The van der Waals surface area contributed by atoms with E-state index < -0.39 is 24.2 Å². The van der Waals surface area contributed by atoms with Crippen LogP contribution in [0.5, 0.6) is 11.5 Å². The number of hydrogen-bond donors (Lipinski definition) is 1. The van der Waals surface area contributed by atoms with Gasteiger partial charge in [-0.05, 0) is 36.4 Å². The molecule has 134 valence electrons. The Hall–Kier alpha value is -3.47. The number of nitrogens with zero attached hydrogens (tertiary/aromatic N) is 1. The summed E-state index contributed by atoms with van der Waals surface area (Å²) in [6, 6.07) is 12.8. The molecule has 0 aromatic heterocycles. The van der Waals surface area contributed by atoms with Crippen LogP contribution in [-0.2, 0) is 4.79 Å². The monoisotopic (exact) mass is 360 g/mol. The summed E-state index contributed by atoms with van der Waals surface area (Å²) < 4.78 is 33.5. The molecule has 0 aliphatic rings. The number of Topliss-reactive ketones (excluding diaryl/α,β-unsaturated/α-hetero) is 1. The molecule has 1 amide bonds. The zero-order valence-corrected chi connectivity index (χ0v) is 13.6. The Kier molecular flexibility index (Phi) is 6.22. The maximum atomic E-state index is 12.4. The summed E-state index contributed by atoms with van der Waals surface area (Å²) >= 11 is 0. The fraction of sp³-hybridized carbons (Fsp3) is 0.167. The van der Waals surface area contributed by atoms with Gasteiger partial charge in [-0.15, -0.1) is 0 Å². The van der Waals surface area contributed by atoms with Crippen molar-refractivity contribution < 1.29 is 27.8 Å². The average molecular weight is 360 g/mol. The van der Waals surface area contributed by atoms with E-state index in [0.29, 0.717) is 11.4 Å². The number of benzene rings is 2. The van der Waals surface area contributed by atoms with E-state index >= 15 is 0 Å². The maximum Gasteiger partial charge on any atom is 0.387 e. The van der Waals surface area contributed by atoms with Crippen LogP contribution in [0.3, 0.4) is 0 Å². The molecule has 6 nitrogen and oxygen atoms in total. The number of carbonyl (C=O) groups is 2. The lowest BCUT2D eigenvalue weighted by atomic mass is 9.98. The van der Waals surface area contributed by atoms with Crippen molar-refractivity contribution in [2.45, 2.75) is 6.61 Å². The Labute approximate surface area is 148 Å². The maximum absolute atomic E-state index is 12.4. The number of rotatable bonds is 7. The Morgan fingerprint density at radius 3 is 2.38 bits per heavy atom. The third kappa shape index (κ3) is 4.77. The first-order valence-electron chi connectivity index (χ1n) is 7.38. The highest BCUT2D eigenvalue weighted by Gasteiger charge is 2.27. The van der Waals surface area contributed by atoms with Crippen molar-refractivity contribution in [2.75, 3.05) is 12.4 Å². The number of anilines is 1. The first-order chi connectivity index (χ1) is 12.4. The fourth-order valence-electron chi connectivity index (χ4n) is 2.12. The molecule has 0 spiro atoms. The van der Waals surface area contributed by atoms with Crippen LogP contribution in [0.1, 0.15) is 10.4 Å². The number of nitriles is 1. The molecule has 8 heteroatoms. The molecule has 0 bridgehead atoms. The van der Waals surface area contributed by atoms with Crippen LogP contribution in [0.25, 0.3) is 0 Å². The van der Waals surface area contributed by atoms with Gasteiger partial charge in [0.1, 0.15) is 11.5 Å². The second-order valence-electron chi connectivity index (χ2n) is 5.05. The number of ketones is 1. The van der Waals surface area contributed by atoms with Crippen LogP contribution in [0.15, 0.2) is 48.5 Å². The Morgan fingerprint density at radius 2 is 1.81 bits per heavy atom. The molecule has 0 saturated heterocycles. The van der Waals surface area contributed by atoms with Gasteiger partial charge in [-0.3, -0.25) is 9.59 Å². The molecule has 0 fully saturated rings. The second-order valence-corrected chi connectivity index (χ2v) is 5.05. The van der Waals surface area contributed by atoms with E-state index in [1.54, 1.807) is 24.3 Å². The van der Waals surface area contributed by atoms with Crippen LogP contribution in [0, 0.1) is 17.2 Å². The molecule has 1 atom stereocenters. The Bertz CT molecular complexity index is 832. The molecule has 26 heavy (non-hydrogen) atoms. The van der Waals surface area contributed by atoms with Crippen LogP contribution in [0.4, 0.5) is 14.5 Å². The highest BCUT2D eigenvalue weighted by atomic mass is 19.3. The average Bonchev–Trinajstić information content (AvgIpc) is 2.62. The third-order valence-electron chi connectivity index (χ3n) is 3.35. The molecule has 0 aliphatic carbocycles. The van der Waals surface area contributed by atoms with Gasteiger partial charge in [-0.2, -0.15) is 14.0 Å². The van der Waals surface area contributed by atoms with E-state index in [1.165, 1.54) is 25.3 Å². The van der Waals surface area contributed by atoms with Gasteiger partial charge in [0.25, 0.3) is 0 Å². The van der Waals surface area contributed by atoms with Gasteiger partial charge in [0.15, 0.2) is 11.7 Å². The minimum Gasteiger partial charge on any atom is -0.497 e. The predicted octanol–water partition coefficient (Wildman–Crippen LogP) is 3.26. The van der Waals surface area contributed by atoms with Crippen LogP contribution in [-0.4, -0.2) is 25.4 Å². The number of hydrogen-bond acceptors (Lipinski definition) is 5. The SMILES string of the molecule is COc1cccc(NC(=O)C(C#N)C(=O)c2ccc(OC(F)F)cc2)c1. The lowest BCUT2D eigenvalue weighted by Gasteiger charge is -2.11. The zero-order valence-electron chi connectivity index (χ0n) is 13.6. The molecule has 1 N–H and O–H groups in total. The minimum absolute atomic E-state index is 0.0268. The number of nitrogens with one attached hydrogen (secondary N) is 1. The number of carbonyl (C=O) groups excluding carboxylic acids is 2. The lowest BCUT2D eigenvalue weighted by molar-refractivity contribution is -0.117. The summed E-state index contributed by atoms with van der Waals surface area (Å²) in [6.07, 6.45) is 0. The van der Waals surface area contributed by atoms with E-state index in [-0.39, 0.29) is 11.3 Å². The number of amides is 1. The topological polar surface area (TPSA) is 88.4 Å². The Morgan fingerprint density at radius 1 is 1.12 bits per heavy atom. The van der Waals surface area contributed by atoms with E-state index in [9.17, 15) is 23.6 Å². The fourth-order valence-corrected chi connectivity index (χ4v) is 2.12. The standard InChI is InChI=1S/C18H14F2N2O4/c1-25-14-4-2-3-12(9-14)22-17(24)15(10-21)16(23)11-5-7-13(8-6-11)26-18(19)20/h2-9,15,18H,1H3,(H,22,24). The minimum atomic E-state index is -2.99. The van der Waals surface area contributed by atoms with Crippen LogP contribution in [0.2, 0.25) is 0 Å². The van der Waals surface area contributed by atoms with Crippen LogP contribution >= 0.6 is 0 Å². The first kappa shape index (κ1) is 18.9. The highest BCUT2D eigenvalue weighted by molar-refractivity contribution is 6.15. The van der Waals surface area contributed by atoms with Gasteiger partial charge >= 0.3 is 6.61 Å². The molecule has 2 rings (SSSR count). The smallest absolute Gasteiger partial charge is 0.387 e. The number of ether oxygens (including phenoxy) is 2. The van der Waals surface area contributed by atoms with E-state index in [4.69, 9.17) is 4.74 Å². The highest BCUT2D eigenvalue weighted by Crippen LogP contribution is 2.20. The molecular weight excluding hydrogens is 346 g/mol. The molecule has 0 aliphatic heterocycles. The van der Waals surface area contributed by atoms with Gasteiger partial charge in [0.05, 0.1) is 13.2 Å².